The molecule has 0 aliphatic heterocycles. The number of nitrogens with two attached hydrogens (primary N) is 1. The predicted octanol–water partition coefficient (Wildman–Crippen LogP) is 1.95. The van der Waals surface area contributed by atoms with E-state index >= 15 is 0 Å². The Hall–Kier alpha value is -1.75. The van der Waals surface area contributed by atoms with Crippen molar-refractivity contribution in [3.05, 3.63) is 29.3 Å². The summed E-state index contributed by atoms with van der Waals surface area (Å²) in [6.07, 6.45) is 0. The van der Waals surface area contributed by atoms with Gasteiger partial charge in [-0.3, -0.25) is 0 Å². The van der Waals surface area contributed by atoms with E-state index in [1.165, 1.54) is 0 Å². The maximum Gasteiger partial charge on any atom is 0.172 e. The molecular formula is C14H23N3O2. The topological polar surface area (TPSA) is 71.1 Å². The van der Waals surface area contributed by atoms with Gasteiger partial charge in [0.1, 0.15) is 0 Å². The van der Waals surface area contributed by atoms with Crippen molar-refractivity contribution < 1.29 is 9.94 Å². The Kier molecular flexibility index (Phi) is 6.15. The number of rotatable bonds is 7. The second-order valence-electron chi connectivity index (χ2n) is 4.28. The third-order valence-electron chi connectivity index (χ3n) is 2.97. The van der Waals surface area contributed by atoms with Crippen LogP contribution in [0.4, 0.5) is 5.69 Å². The third-order valence-corrected chi connectivity index (χ3v) is 2.97. The molecule has 0 spiro atoms. The summed E-state index contributed by atoms with van der Waals surface area (Å²) >= 11 is 0. The molecule has 5 nitrogen and oxygen atoms in total. The first kappa shape index (κ1) is 15.3. The summed E-state index contributed by atoms with van der Waals surface area (Å²) in [4.78, 5) is 2.16. The van der Waals surface area contributed by atoms with Crippen LogP contribution in [-0.4, -0.2) is 37.3 Å². The molecule has 5 heteroatoms. The van der Waals surface area contributed by atoms with E-state index in [2.05, 4.69) is 17.0 Å². The molecular weight excluding hydrogens is 242 g/mol. The van der Waals surface area contributed by atoms with Crippen molar-refractivity contribution in [1.29, 1.82) is 0 Å². The number of ether oxygens (including phenoxy) is 1. The summed E-state index contributed by atoms with van der Waals surface area (Å²) in [6, 6.07) is 5.94. The molecule has 0 heterocycles. The highest BCUT2D eigenvalue weighted by Crippen LogP contribution is 2.21. The number of benzene rings is 1. The monoisotopic (exact) mass is 265 g/mol. The SMILES string of the molecule is CCOCCN(CC)c1ccc(C)cc1/C(N)=N/O. The zero-order valence-corrected chi connectivity index (χ0v) is 11.9. The van der Waals surface area contributed by atoms with Gasteiger partial charge in [0.05, 0.1) is 6.61 Å². The lowest BCUT2D eigenvalue weighted by Gasteiger charge is -2.25. The van der Waals surface area contributed by atoms with Crippen molar-refractivity contribution in [2.75, 3.05) is 31.2 Å². The average molecular weight is 265 g/mol. The molecule has 0 aliphatic rings. The van der Waals surface area contributed by atoms with Gasteiger partial charge in [-0.2, -0.15) is 0 Å². The van der Waals surface area contributed by atoms with Gasteiger partial charge in [-0.1, -0.05) is 16.8 Å². The van der Waals surface area contributed by atoms with Gasteiger partial charge in [-0.15, -0.1) is 0 Å². The van der Waals surface area contributed by atoms with Crippen molar-refractivity contribution >= 4 is 11.5 Å². The Morgan fingerprint density at radius 1 is 1.42 bits per heavy atom. The smallest absolute Gasteiger partial charge is 0.172 e. The molecule has 0 radical (unpaired) electrons. The maximum absolute atomic E-state index is 8.89. The number of aryl methyl sites for hydroxylation is 1. The van der Waals surface area contributed by atoms with Crippen molar-refractivity contribution in [1.82, 2.24) is 0 Å². The van der Waals surface area contributed by atoms with Crippen LogP contribution in [0.2, 0.25) is 0 Å². The summed E-state index contributed by atoms with van der Waals surface area (Å²) in [5.41, 5.74) is 8.54. The Morgan fingerprint density at radius 2 is 2.16 bits per heavy atom. The highest BCUT2D eigenvalue weighted by atomic mass is 16.5. The zero-order valence-electron chi connectivity index (χ0n) is 11.9. The number of amidine groups is 1. The van der Waals surface area contributed by atoms with Crippen LogP contribution in [0.25, 0.3) is 0 Å². The van der Waals surface area contributed by atoms with Gasteiger partial charge in [0, 0.05) is 30.9 Å². The van der Waals surface area contributed by atoms with Crippen LogP contribution in [0.15, 0.2) is 23.4 Å². The number of oxime groups is 1. The summed E-state index contributed by atoms with van der Waals surface area (Å²) in [5.74, 6) is 0.133. The molecule has 19 heavy (non-hydrogen) atoms. The largest absolute Gasteiger partial charge is 0.409 e. The molecule has 0 atom stereocenters. The van der Waals surface area contributed by atoms with Crippen LogP contribution >= 0.6 is 0 Å². The van der Waals surface area contributed by atoms with Crippen molar-refractivity contribution in [3.63, 3.8) is 0 Å². The Morgan fingerprint density at radius 3 is 2.74 bits per heavy atom. The lowest BCUT2D eigenvalue weighted by molar-refractivity contribution is 0.154. The van der Waals surface area contributed by atoms with Crippen LogP contribution < -0.4 is 10.6 Å². The summed E-state index contributed by atoms with van der Waals surface area (Å²) < 4.78 is 5.39. The maximum atomic E-state index is 8.89. The number of likely N-dealkylation sites (N-methyl/N-ethyl adjacent to an activating group) is 1. The standard InChI is InChI=1S/C14H23N3O2/c1-4-17(8-9-19-5-2)13-7-6-11(3)10-12(13)14(15)16-18/h6-7,10,18H,4-5,8-9H2,1-3H3,(H2,15,16). The van der Waals surface area contributed by atoms with Crippen molar-refractivity contribution in [3.8, 4) is 0 Å². The Bertz CT molecular complexity index is 433. The van der Waals surface area contributed by atoms with E-state index in [1.54, 1.807) is 0 Å². The number of hydrogen-bond acceptors (Lipinski definition) is 4. The van der Waals surface area contributed by atoms with E-state index in [9.17, 15) is 0 Å². The van der Waals surface area contributed by atoms with E-state index < -0.39 is 0 Å². The molecule has 0 saturated carbocycles. The molecule has 106 valence electrons. The minimum atomic E-state index is 0.133. The van der Waals surface area contributed by atoms with E-state index in [4.69, 9.17) is 15.7 Å². The van der Waals surface area contributed by atoms with Gasteiger partial charge in [-0.25, -0.2) is 0 Å². The van der Waals surface area contributed by atoms with Crippen molar-refractivity contribution in [2.45, 2.75) is 20.8 Å². The van der Waals surface area contributed by atoms with Crippen LogP contribution in [0, 0.1) is 6.92 Å². The fraction of sp³-hybridized carbons (Fsp3) is 0.500. The highest BCUT2D eigenvalue weighted by molar-refractivity contribution is 6.02. The molecule has 0 bridgehead atoms. The van der Waals surface area contributed by atoms with E-state index in [0.29, 0.717) is 13.2 Å². The summed E-state index contributed by atoms with van der Waals surface area (Å²) in [7, 11) is 0. The molecule has 0 aliphatic carbocycles. The predicted molar refractivity (Wildman–Crippen MR) is 78.1 cm³/mol. The first-order valence-corrected chi connectivity index (χ1v) is 6.55. The molecule has 1 aromatic rings. The van der Waals surface area contributed by atoms with Crippen LogP contribution in [0.5, 0.6) is 0 Å². The first-order valence-electron chi connectivity index (χ1n) is 6.55. The summed E-state index contributed by atoms with van der Waals surface area (Å²) in [6.45, 7) is 9.01. The Labute approximate surface area is 114 Å². The molecule has 0 saturated heterocycles. The van der Waals surface area contributed by atoms with Gasteiger partial charge >= 0.3 is 0 Å². The fourth-order valence-electron chi connectivity index (χ4n) is 1.95. The lowest BCUT2D eigenvalue weighted by Crippen LogP contribution is -2.30. The second kappa shape index (κ2) is 7.63. The van der Waals surface area contributed by atoms with Gasteiger partial charge < -0.3 is 20.6 Å². The summed E-state index contributed by atoms with van der Waals surface area (Å²) in [5, 5.41) is 12.0. The average Bonchev–Trinajstić information content (AvgIpc) is 2.43. The lowest BCUT2D eigenvalue weighted by atomic mass is 10.1. The van der Waals surface area contributed by atoms with E-state index in [1.807, 2.05) is 32.0 Å². The number of nitrogens with zero attached hydrogens (tertiary/aromatic N) is 2. The van der Waals surface area contributed by atoms with Crippen LogP contribution in [0.3, 0.4) is 0 Å². The molecule has 0 unspecified atom stereocenters. The fourth-order valence-corrected chi connectivity index (χ4v) is 1.95. The third kappa shape index (κ3) is 4.13. The van der Waals surface area contributed by atoms with Crippen LogP contribution in [0.1, 0.15) is 25.0 Å². The van der Waals surface area contributed by atoms with Gasteiger partial charge in [0.25, 0.3) is 0 Å². The Balaban J connectivity index is 3.02. The minimum Gasteiger partial charge on any atom is -0.409 e. The second-order valence-corrected chi connectivity index (χ2v) is 4.28. The molecule has 0 aromatic heterocycles. The van der Waals surface area contributed by atoms with Crippen molar-refractivity contribution in [2.24, 2.45) is 10.9 Å². The van der Waals surface area contributed by atoms with Gasteiger partial charge in [0.2, 0.25) is 0 Å². The molecule has 1 aromatic carbocycles. The zero-order chi connectivity index (χ0) is 14.3. The molecule has 1 rings (SSSR count). The number of hydrogen-bond donors (Lipinski definition) is 2. The minimum absolute atomic E-state index is 0.133. The number of anilines is 1. The van der Waals surface area contributed by atoms with Gasteiger partial charge in [-0.05, 0) is 32.9 Å². The van der Waals surface area contributed by atoms with Crippen LogP contribution in [-0.2, 0) is 4.74 Å². The van der Waals surface area contributed by atoms with Gasteiger partial charge in [0.15, 0.2) is 5.84 Å². The molecule has 0 amide bonds. The highest BCUT2D eigenvalue weighted by Gasteiger charge is 2.13. The molecule has 3 N–H and O–H groups in total. The first-order chi connectivity index (χ1) is 9.13. The van der Waals surface area contributed by atoms with E-state index in [-0.39, 0.29) is 5.84 Å². The normalized spacial score (nSPS) is 11.6. The molecule has 0 fully saturated rings. The van der Waals surface area contributed by atoms with E-state index in [0.717, 1.165) is 29.9 Å². The quantitative estimate of drug-likeness (QED) is 0.260.